The van der Waals surface area contributed by atoms with Crippen molar-refractivity contribution in [1.29, 1.82) is 0 Å². The third-order valence-electron chi connectivity index (χ3n) is 7.03. The van der Waals surface area contributed by atoms with Crippen molar-refractivity contribution in [3.63, 3.8) is 0 Å². The molecule has 0 amide bonds. The fourth-order valence-corrected chi connectivity index (χ4v) is 8.71. The van der Waals surface area contributed by atoms with E-state index in [0.717, 1.165) is 54.7 Å². The van der Waals surface area contributed by atoms with Crippen LogP contribution in [0.5, 0.6) is 0 Å². The summed E-state index contributed by atoms with van der Waals surface area (Å²) < 4.78 is 26.3. The van der Waals surface area contributed by atoms with Crippen LogP contribution < -0.4 is 0 Å². The molecule has 0 bridgehead atoms. The Kier molecular flexibility index (Phi) is 6.17. The van der Waals surface area contributed by atoms with Gasteiger partial charge in [0, 0.05) is 18.3 Å². The van der Waals surface area contributed by atoms with Gasteiger partial charge in [0.25, 0.3) is 0 Å². The molecular formula is C24H34ClNO2S. The number of fused-ring (bicyclic) bond motifs is 1. The molecule has 0 saturated heterocycles. The molecule has 1 heterocycles. The summed E-state index contributed by atoms with van der Waals surface area (Å²) in [4.78, 5) is 1.79. The van der Waals surface area contributed by atoms with E-state index in [2.05, 4.69) is 18.2 Å². The second-order valence-corrected chi connectivity index (χ2v) is 12.2. The van der Waals surface area contributed by atoms with E-state index in [1.807, 2.05) is 30.3 Å². The molecule has 5 heteroatoms. The number of alkyl halides is 1. The first kappa shape index (κ1) is 21.4. The fourth-order valence-electron chi connectivity index (χ4n) is 5.81. The molecule has 2 fully saturated rings. The Balaban J connectivity index is 1.98. The van der Waals surface area contributed by atoms with Crippen molar-refractivity contribution in [1.82, 2.24) is 0 Å². The minimum absolute atomic E-state index is 0.0589. The smallest absolute Gasteiger partial charge is 0.104 e. The first-order valence-electron chi connectivity index (χ1n) is 11.2. The highest BCUT2D eigenvalue weighted by molar-refractivity contribution is 7.97. The normalized spacial score (nSPS) is 34.7. The lowest BCUT2D eigenvalue weighted by molar-refractivity contribution is -0.134. The molecule has 3 nitrogen and oxygen atoms in total. The zero-order valence-corrected chi connectivity index (χ0v) is 19.5. The fraction of sp³-hybridized carbons (Fsp3) is 0.667. The minimum atomic E-state index is -2.74. The van der Waals surface area contributed by atoms with Crippen LogP contribution in [0.1, 0.15) is 65.2 Å². The van der Waals surface area contributed by atoms with E-state index in [1.54, 1.807) is 7.05 Å². The number of rotatable bonds is 3. The second-order valence-electron chi connectivity index (χ2n) is 9.24. The van der Waals surface area contributed by atoms with Gasteiger partial charge in [0.05, 0.1) is 15.9 Å². The molecule has 2 saturated carbocycles. The Morgan fingerprint density at radius 3 is 2.59 bits per heavy atom. The van der Waals surface area contributed by atoms with Gasteiger partial charge >= 0.3 is 0 Å². The maximum Gasteiger partial charge on any atom is 0.104 e. The van der Waals surface area contributed by atoms with Crippen LogP contribution in [0, 0.1) is 11.8 Å². The lowest BCUT2D eigenvalue weighted by Gasteiger charge is -2.52. The monoisotopic (exact) mass is 435 g/mol. The summed E-state index contributed by atoms with van der Waals surface area (Å²) in [5.41, 5.74) is 0.835. The summed E-state index contributed by atoms with van der Waals surface area (Å²) in [5, 5.41) is 0.0589. The average Bonchev–Trinajstić information content (AvgIpc) is 2.73. The van der Waals surface area contributed by atoms with Crippen LogP contribution in [0.3, 0.4) is 0 Å². The van der Waals surface area contributed by atoms with Gasteiger partial charge in [-0.05, 0) is 68.6 Å². The van der Waals surface area contributed by atoms with Gasteiger partial charge in [0.2, 0.25) is 0 Å². The van der Waals surface area contributed by atoms with Crippen molar-refractivity contribution in [3.05, 3.63) is 40.8 Å². The van der Waals surface area contributed by atoms with Crippen LogP contribution in [-0.2, 0) is 14.5 Å². The number of halogens is 1. The molecule has 3 aliphatic rings. The summed E-state index contributed by atoms with van der Waals surface area (Å²) in [7, 11) is -1.03. The standard InChI is InChI=1S/C24H34ClNO2S/c1-17(2)22-20-13-7-8-14-21(20)23(24(28-22)15-9-10-18(25)16-24)29(27,26-3)19-11-5-4-6-12-19/h4-6,11-12,17-18,20,22H,7-10,13-16H2,1-3H3/t18-,20+,22-,24-,29-/m0/s1. The number of nitrogens with zero attached hydrogens (tertiary/aromatic N) is 1. The number of hydrogen-bond acceptors (Lipinski definition) is 3. The molecule has 2 aliphatic carbocycles. The lowest BCUT2D eigenvalue weighted by Crippen LogP contribution is -2.53. The molecule has 4 rings (SSSR count). The molecule has 5 atom stereocenters. The highest BCUT2D eigenvalue weighted by atomic mass is 35.5. The largest absolute Gasteiger partial charge is 0.365 e. The quantitative estimate of drug-likeness (QED) is 0.504. The van der Waals surface area contributed by atoms with Gasteiger partial charge in [-0.15, -0.1) is 11.6 Å². The third-order valence-corrected chi connectivity index (χ3v) is 10.0. The van der Waals surface area contributed by atoms with E-state index in [-0.39, 0.29) is 11.5 Å². The van der Waals surface area contributed by atoms with Gasteiger partial charge in [-0.1, -0.05) is 38.5 Å². The van der Waals surface area contributed by atoms with Crippen molar-refractivity contribution >= 4 is 21.3 Å². The molecule has 29 heavy (non-hydrogen) atoms. The maximum atomic E-state index is 14.7. The highest BCUT2D eigenvalue weighted by Crippen LogP contribution is 2.54. The van der Waals surface area contributed by atoms with Gasteiger partial charge < -0.3 is 4.74 Å². The van der Waals surface area contributed by atoms with Crippen LogP contribution in [0.15, 0.2) is 50.1 Å². The summed E-state index contributed by atoms with van der Waals surface area (Å²) >= 11 is 6.72. The SMILES string of the molecule is CN=[S@@](=O)(C1=C2CCCC[C@H]2[C@H](C(C)C)O[C@]12CCC[C@H](Cl)C2)c1ccccc1. The lowest BCUT2D eigenvalue weighted by atomic mass is 9.70. The Hall–Kier alpha value is -0.840. The number of ether oxygens (including phenoxy) is 1. The number of benzene rings is 1. The Morgan fingerprint density at radius 2 is 1.93 bits per heavy atom. The molecule has 1 aromatic rings. The van der Waals surface area contributed by atoms with E-state index < -0.39 is 15.3 Å². The third kappa shape index (κ3) is 3.70. The van der Waals surface area contributed by atoms with Crippen LogP contribution in [0.4, 0.5) is 0 Å². The van der Waals surface area contributed by atoms with E-state index in [4.69, 9.17) is 16.3 Å². The topological polar surface area (TPSA) is 38.7 Å². The molecule has 1 aromatic carbocycles. The van der Waals surface area contributed by atoms with E-state index in [9.17, 15) is 4.21 Å². The molecule has 0 unspecified atom stereocenters. The van der Waals surface area contributed by atoms with Crippen molar-refractivity contribution in [2.45, 2.75) is 87.2 Å². The maximum absolute atomic E-state index is 14.7. The van der Waals surface area contributed by atoms with Gasteiger partial charge in [0.1, 0.15) is 15.3 Å². The van der Waals surface area contributed by atoms with Gasteiger partial charge in [-0.2, -0.15) is 0 Å². The van der Waals surface area contributed by atoms with Crippen LogP contribution in [-0.4, -0.2) is 28.3 Å². The first-order valence-corrected chi connectivity index (χ1v) is 13.1. The van der Waals surface area contributed by atoms with Crippen molar-refractivity contribution < 1.29 is 8.95 Å². The summed E-state index contributed by atoms with van der Waals surface area (Å²) in [5.74, 6) is 0.778. The van der Waals surface area contributed by atoms with Crippen molar-refractivity contribution in [3.8, 4) is 0 Å². The average molecular weight is 436 g/mol. The summed E-state index contributed by atoms with van der Waals surface area (Å²) in [6, 6.07) is 9.82. The van der Waals surface area contributed by atoms with Gasteiger partial charge in [-0.25, -0.2) is 8.57 Å². The predicted molar refractivity (Wildman–Crippen MR) is 121 cm³/mol. The molecular weight excluding hydrogens is 402 g/mol. The van der Waals surface area contributed by atoms with Gasteiger partial charge in [0.15, 0.2) is 0 Å². The zero-order chi connectivity index (χ0) is 20.6. The van der Waals surface area contributed by atoms with Crippen LogP contribution in [0.25, 0.3) is 0 Å². The molecule has 160 valence electrons. The zero-order valence-electron chi connectivity index (χ0n) is 17.9. The molecule has 1 aliphatic heterocycles. The van der Waals surface area contributed by atoms with E-state index in [1.165, 1.54) is 12.0 Å². The van der Waals surface area contributed by atoms with E-state index >= 15 is 0 Å². The second kappa shape index (κ2) is 8.36. The summed E-state index contributed by atoms with van der Waals surface area (Å²) in [6.07, 6.45) is 8.33. The first-order chi connectivity index (χ1) is 13.9. The molecule has 0 N–H and O–H groups in total. The molecule has 1 spiro atoms. The van der Waals surface area contributed by atoms with Crippen LogP contribution in [0.2, 0.25) is 0 Å². The highest BCUT2D eigenvalue weighted by Gasteiger charge is 2.53. The van der Waals surface area contributed by atoms with Crippen LogP contribution >= 0.6 is 11.6 Å². The summed E-state index contributed by atoms with van der Waals surface area (Å²) in [6.45, 7) is 4.52. The van der Waals surface area contributed by atoms with Crippen molar-refractivity contribution in [2.75, 3.05) is 7.05 Å². The Labute approximate surface area is 181 Å². The minimum Gasteiger partial charge on any atom is -0.365 e. The Morgan fingerprint density at radius 1 is 1.17 bits per heavy atom. The van der Waals surface area contributed by atoms with Crippen molar-refractivity contribution in [2.24, 2.45) is 16.2 Å². The van der Waals surface area contributed by atoms with Gasteiger partial charge in [-0.3, -0.25) is 0 Å². The molecule has 0 radical (unpaired) electrons. The van der Waals surface area contributed by atoms with E-state index in [0.29, 0.717) is 11.8 Å². The predicted octanol–water partition coefficient (Wildman–Crippen LogP) is 6.56. The number of hydrogen-bond donors (Lipinski definition) is 0. The Bertz CT molecular complexity index is 887. The molecule has 0 aromatic heterocycles.